The molecule has 1 N–H and O–H groups in total. The van der Waals surface area contributed by atoms with Crippen molar-refractivity contribution in [1.82, 2.24) is 0 Å². The number of carbonyl (C=O) groups excluding carboxylic acids is 1. The minimum atomic E-state index is -0.0605. The van der Waals surface area contributed by atoms with Gasteiger partial charge in [-0.15, -0.1) is 11.8 Å². The topological polar surface area (TPSA) is 47.6 Å². The number of ether oxygens (including phenoxy) is 2. The van der Waals surface area contributed by atoms with Crippen LogP contribution < -0.4 is 14.8 Å². The summed E-state index contributed by atoms with van der Waals surface area (Å²) < 4.78 is 10.4. The molecule has 4 nitrogen and oxygen atoms in total. The third kappa shape index (κ3) is 4.96. The number of benzene rings is 1. The molecule has 0 radical (unpaired) electrons. The molecule has 0 saturated carbocycles. The van der Waals surface area contributed by atoms with Crippen LogP contribution in [0, 0.1) is 0 Å². The van der Waals surface area contributed by atoms with Crippen LogP contribution in [-0.4, -0.2) is 31.1 Å². The van der Waals surface area contributed by atoms with Gasteiger partial charge in [0.05, 0.1) is 19.5 Å². The van der Waals surface area contributed by atoms with Crippen LogP contribution in [0.4, 0.5) is 5.69 Å². The monoisotopic (exact) mass is 297 g/mol. The van der Waals surface area contributed by atoms with Gasteiger partial charge in [0.2, 0.25) is 5.91 Å². The first-order chi connectivity index (χ1) is 9.62. The van der Waals surface area contributed by atoms with E-state index in [2.05, 4.69) is 12.2 Å². The van der Waals surface area contributed by atoms with Crippen LogP contribution in [0.25, 0.3) is 0 Å². The van der Waals surface area contributed by atoms with Crippen molar-refractivity contribution >= 4 is 23.4 Å². The Morgan fingerprint density at radius 1 is 1.30 bits per heavy atom. The first-order valence-corrected chi connectivity index (χ1v) is 7.81. The van der Waals surface area contributed by atoms with Crippen LogP contribution in [0.1, 0.15) is 26.7 Å². The summed E-state index contributed by atoms with van der Waals surface area (Å²) in [6.07, 6.45) is 2.29. The van der Waals surface area contributed by atoms with Crippen molar-refractivity contribution in [2.45, 2.75) is 31.9 Å². The normalized spacial score (nSPS) is 11.8. The van der Waals surface area contributed by atoms with Crippen molar-refractivity contribution < 1.29 is 14.3 Å². The fraction of sp³-hybridized carbons (Fsp3) is 0.533. The molecular formula is C15H23NO3S. The summed E-state index contributed by atoms with van der Waals surface area (Å²) >= 11 is 1.68. The number of thioether (sulfide) groups is 1. The molecule has 0 heterocycles. The van der Waals surface area contributed by atoms with E-state index >= 15 is 0 Å². The van der Waals surface area contributed by atoms with Gasteiger partial charge in [0.1, 0.15) is 0 Å². The molecule has 112 valence electrons. The molecule has 1 rings (SSSR count). The molecule has 1 atom stereocenters. The van der Waals surface area contributed by atoms with Gasteiger partial charge in [-0.05, 0) is 31.2 Å². The van der Waals surface area contributed by atoms with E-state index in [9.17, 15) is 4.79 Å². The summed E-state index contributed by atoms with van der Waals surface area (Å²) in [6, 6.07) is 5.35. The highest BCUT2D eigenvalue weighted by Gasteiger charge is 2.14. The quantitative estimate of drug-likeness (QED) is 0.745. The van der Waals surface area contributed by atoms with Crippen LogP contribution in [0.15, 0.2) is 18.2 Å². The molecule has 0 aliphatic rings. The maximum absolute atomic E-state index is 12.1. The molecule has 5 heteroatoms. The van der Waals surface area contributed by atoms with Gasteiger partial charge in [0.25, 0.3) is 0 Å². The number of unbranched alkanes of at least 4 members (excludes halogenated alkanes) is 1. The Morgan fingerprint density at radius 2 is 2.00 bits per heavy atom. The minimum absolute atomic E-state index is 0.0123. The Hall–Kier alpha value is -1.36. The van der Waals surface area contributed by atoms with Crippen molar-refractivity contribution in [3.05, 3.63) is 18.2 Å². The molecule has 1 aromatic carbocycles. The van der Waals surface area contributed by atoms with Gasteiger partial charge in [-0.1, -0.05) is 13.3 Å². The van der Waals surface area contributed by atoms with Gasteiger partial charge in [0.15, 0.2) is 11.5 Å². The third-order valence-electron chi connectivity index (χ3n) is 2.89. The second kappa shape index (κ2) is 8.74. The second-order valence-electron chi connectivity index (χ2n) is 4.43. The predicted octanol–water partition coefficient (Wildman–Crippen LogP) is 3.56. The Labute approximate surface area is 125 Å². The number of hydrogen-bond donors (Lipinski definition) is 1. The predicted molar refractivity (Wildman–Crippen MR) is 85.0 cm³/mol. The van der Waals surface area contributed by atoms with E-state index in [-0.39, 0.29) is 11.2 Å². The Morgan fingerprint density at radius 3 is 2.60 bits per heavy atom. The van der Waals surface area contributed by atoms with E-state index in [4.69, 9.17) is 9.47 Å². The number of methoxy groups -OCH3 is 2. The van der Waals surface area contributed by atoms with Crippen molar-refractivity contribution in [2.24, 2.45) is 0 Å². The average Bonchev–Trinajstić information content (AvgIpc) is 2.47. The molecule has 0 aromatic heterocycles. The molecule has 1 aromatic rings. The molecule has 20 heavy (non-hydrogen) atoms. The Balaban J connectivity index is 2.61. The van der Waals surface area contributed by atoms with Crippen LogP contribution in [-0.2, 0) is 4.79 Å². The van der Waals surface area contributed by atoms with Crippen LogP contribution in [0.2, 0.25) is 0 Å². The van der Waals surface area contributed by atoms with Gasteiger partial charge in [-0.25, -0.2) is 0 Å². The number of hydrogen-bond acceptors (Lipinski definition) is 4. The van der Waals surface area contributed by atoms with E-state index in [1.54, 1.807) is 38.1 Å². The fourth-order valence-electron chi connectivity index (χ4n) is 1.64. The Kier molecular flexibility index (Phi) is 7.30. The Bertz CT molecular complexity index is 437. The highest BCUT2D eigenvalue weighted by Crippen LogP contribution is 2.30. The summed E-state index contributed by atoms with van der Waals surface area (Å²) in [7, 11) is 3.16. The van der Waals surface area contributed by atoms with E-state index in [1.165, 1.54) is 0 Å². The van der Waals surface area contributed by atoms with Crippen molar-refractivity contribution in [3.63, 3.8) is 0 Å². The van der Waals surface area contributed by atoms with Crippen molar-refractivity contribution in [3.8, 4) is 11.5 Å². The number of anilines is 1. The number of nitrogens with one attached hydrogen (secondary N) is 1. The first kappa shape index (κ1) is 16.7. The lowest BCUT2D eigenvalue weighted by Gasteiger charge is -2.13. The lowest BCUT2D eigenvalue weighted by atomic mass is 10.2. The van der Waals surface area contributed by atoms with Gasteiger partial charge >= 0.3 is 0 Å². The van der Waals surface area contributed by atoms with E-state index in [1.807, 2.05) is 13.0 Å². The summed E-state index contributed by atoms with van der Waals surface area (Å²) in [6.45, 7) is 4.07. The summed E-state index contributed by atoms with van der Waals surface area (Å²) in [5.74, 6) is 2.28. The van der Waals surface area contributed by atoms with Gasteiger partial charge in [-0.2, -0.15) is 0 Å². The molecule has 0 fully saturated rings. The number of rotatable bonds is 8. The first-order valence-electron chi connectivity index (χ1n) is 6.76. The highest BCUT2D eigenvalue weighted by atomic mass is 32.2. The zero-order valence-electron chi connectivity index (χ0n) is 12.6. The SMILES string of the molecule is CCCCSC(C)C(=O)Nc1ccc(OC)c(OC)c1. The van der Waals surface area contributed by atoms with Gasteiger partial charge in [-0.3, -0.25) is 4.79 Å². The molecule has 0 spiro atoms. The summed E-state index contributed by atoms with van der Waals surface area (Å²) in [5.41, 5.74) is 0.718. The van der Waals surface area contributed by atoms with Crippen LogP contribution in [0.3, 0.4) is 0 Å². The average molecular weight is 297 g/mol. The van der Waals surface area contributed by atoms with Gasteiger partial charge in [0, 0.05) is 11.8 Å². The number of carbonyl (C=O) groups is 1. The molecule has 0 saturated heterocycles. The summed E-state index contributed by atoms with van der Waals surface area (Å²) in [4.78, 5) is 12.1. The minimum Gasteiger partial charge on any atom is -0.493 e. The van der Waals surface area contributed by atoms with Crippen molar-refractivity contribution in [1.29, 1.82) is 0 Å². The zero-order valence-corrected chi connectivity index (χ0v) is 13.4. The van der Waals surface area contributed by atoms with Crippen molar-refractivity contribution in [2.75, 3.05) is 25.3 Å². The maximum Gasteiger partial charge on any atom is 0.237 e. The fourth-order valence-corrected chi connectivity index (χ4v) is 2.66. The largest absolute Gasteiger partial charge is 0.493 e. The maximum atomic E-state index is 12.1. The molecular weight excluding hydrogens is 274 g/mol. The zero-order chi connectivity index (χ0) is 15.0. The molecule has 0 aliphatic heterocycles. The third-order valence-corrected chi connectivity index (χ3v) is 4.12. The van der Waals surface area contributed by atoms with Crippen LogP contribution >= 0.6 is 11.8 Å². The summed E-state index contributed by atoms with van der Waals surface area (Å²) in [5, 5.41) is 2.84. The highest BCUT2D eigenvalue weighted by molar-refractivity contribution is 8.00. The van der Waals surface area contributed by atoms with E-state index < -0.39 is 0 Å². The lowest BCUT2D eigenvalue weighted by Crippen LogP contribution is -2.22. The van der Waals surface area contributed by atoms with E-state index in [0.29, 0.717) is 11.5 Å². The molecule has 1 amide bonds. The standard InChI is InChI=1S/C15H23NO3S/c1-5-6-9-20-11(2)15(17)16-12-7-8-13(18-3)14(10-12)19-4/h7-8,10-11H,5-6,9H2,1-4H3,(H,16,17). The molecule has 0 bridgehead atoms. The van der Waals surface area contributed by atoms with Gasteiger partial charge < -0.3 is 14.8 Å². The smallest absolute Gasteiger partial charge is 0.237 e. The van der Waals surface area contributed by atoms with E-state index in [0.717, 1.165) is 24.3 Å². The number of amides is 1. The lowest BCUT2D eigenvalue weighted by molar-refractivity contribution is -0.115. The van der Waals surface area contributed by atoms with Crippen LogP contribution in [0.5, 0.6) is 11.5 Å². The second-order valence-corrected chi connectivity index (χ2v) is 5.87. The molecule has 1 unspecified atom stereocenters. The molecule has 0 aliphatic carbocycles.